The van der Waals surface area contributed by atoms with E-state index >= 15 is 0 Å². The molecule has 2 aromatic carbocycles. The molecule has 23 heavy (non-hydrogen) atoms. The predicted molar refractivity (Wildman–Crippen MR) is 97.4 cm³/mol. The van der Waals surface area contributed by atoms with Crippen molar-refractivity contribution in [1.82, 2.24) is 0 Å². The van der Waals surface area contributed by atoms with Crippen molar-refractivity contribution < 1.29 is 9.84 Å². The summed E-state index contributed by atoms with van der Waals surface area (Å²) < 4.78 is 5.41. The molecule has 0 saturated carbocycles. The zero-order chi connectivity index (χ0) is 16.1. The Kier molecular flexibility index (Phi) is 7.56. The molecule has 3 N–H and O–H groups in total. The lowest BCUT2D eigenvalue weighted by atomic mass is 9.92. The molecule has 2 atom stereocenters. The van der Waals surface area contributed by atoms with Crippen LogP contribution in [-0.4, -0.2) is 18.3 Å². The molecule has 0 heterocycles. The molecule has 2 rings (SSSR count). The monoisotopic (exact) mass is 335 g/mol. The number of benzene rings is 2. The Labute approximate surface area is 144 Å². The van der Waals surface area contributed by atoms with Gasteiger partial charge in [0.15, 0.2) is 0 Å². The van der Waals surface area contributed by atoms with Crippen molar-refractivity contribution in [3.05, 3.63) is 65.2 Å². The molecule has 2 aromatic rings. The van der Waals surface area contributed by atoms with Crippen molar-refractivity contribution in [2.24, 2.45) is 5.73 Å². The number of ether oxygens (including phenoxy) is 1. The summed E-state index contributed by atoms with van der Waals surface area (Å²) in [7, 11) is 1.63. The fraction of sp³-hybridized carbons (Fsp3) is 0.368. The van der Waals surface area contributed by atoms with Crippen LogP contribution < -0.4 is 10.5 Å². The van der Waals surface area contributed by atoms with Gasteiger partial charge in [0, 0.05) is 12.0 Å². The first kappa shape index (κ1) is 19.5. The Bertz CT molecular complexity index is 602. The summed E-state index contributed by atoms with van der Waals surface area (Å²) in [5, 5.41) is 10.5. The average Bonchev–Trinajstić information content (AvgIpc) is 2.54. The third-order valence-corrected chi connectivity index (χ3v) is 3.98. The second-order valence-corrected chi connectivity index (χ2v) is 5.94. The van der Waals surface area contributed by atoms with Gasteiger partial charge in [0.1, 0.15) is 5.75 Å². The molecule has 126 valence electrons. The highest BCUT2D eigenvalue weighted by Crippen LogP contribution is 2.30. The molecular formula is C19H26ClNO2. The highest BCUT2D eigenvalue weighted by Gasteiger charge is 2.21. The summed E-state index contributed by atoms with van der Waals surface area (Å²) in [4.78, 5) is 0. The number of halogens is 1. The maximum Gasteiger partial charge on any atom is 0.123 e. The highest BCUT2D eigenvalue weighted by molar-refractivity contribution is 5.85. The standard InChI is InChI=1S/C19H25NO2.ClH/c1-13(2)15-9-10-18(22-3)16(12-15)19(20)17(21)11-14-7-5-4-6-8-14;/h4-10,12-13,17,19,21H,11,20H2,1-3H3;1H/t17-,19+;/m0./s1. The highest BCUT2D eigenvalue weighted by atomic mass is 35.5. The van der Waals surface area contributed by atoms with Crippen molar-refractivity contribution in [2.75, 3.05) is 7.11 Å². The van der Waals surface area contributed by atoms with Crippen molar-refractivity contribution in [1.29, 1.82) is 0 Å². The van der Waals surface area contributed by atoms with Crippen LogP contribution in [-0.2, 0) is 6.42 Å². The SMILES string of the molecule is COc1ccc(C(C)C)cc1[C@@H](N)[C@@H](O)Cc1ccccc1.Cl. The number of hydrogen-bond acceptors (Lipinski definition) is 3. The number of aliphatic hydroxyl groups is 1. The maximum absolute atomic E-state index is 10.5. The number of rotatable bonds is 6. The molecule has 0 aromatic heterocycles. The molecule has 0 fully saturated rings. The predicted octanol–water partition coefficient (Wildman–Crippen LogP) is 3.84. The van der Waals surface area contributed by atoms with E-state index in [0.717, 1.165) is 16.9 Å². The minimum atomic E-state index is -0.654. The second-order valence-electron chi connectivity index (χ2n) is 5.94. The normalized spacial score (nSPS) is 13.3. The summed E-state index contributed by atoms with van der Waals surface area (Å²) >= 11 is 0. The smallest absolute Gasteiger partial charge is 0.123 e. The van der Waals surface area contributed by atoms with Crippen LogP contribution in [0.4, 0.5) is 0 Å². The molecule has 0 bridgehead atoms. The van der Waals surface area contributed by atoms with Crippen molar-refractivity contribution >= 4 is 12.4 Å². The van der Waals surface area contributed by atoms with E-state index in [0.29, 0.717) is 12.3 Å². The molecule has 0 aliphatic heterocycles. The summed E-state index contributed by atoms with van der Waals surface area (Å²) in [5.41, 5.74) is 9.43. The maximum atomic E-state index is 10.5. The minimum Gasteiger partial charge on any atom is -0.496 e. The van der Waals surface area contributed by atoms with Crippen LogP contribution in [0, 0.1) is 0 Å². The molecule has 0 radical (unpaired) electrons. The van der Waals surface area contributed by atoms with E-state index in [-0.39, 0.29) is 12.4 Å². The molecule has 0 aliphatic rings. The van der Waals surface area contributed by atoms with Crippen LogP contribution in [0.5, 0.6) is 5.75 Å². The third kappa shape index (κ3) is 4.96. The molecule has 4 heteroatoms. The van der Waals surface area contributed by atoms with Gasteiger partial charge < -0.3 is 15.6 Å². The second kappa shape index (κ2) is 8.92. The van der Waals surface area contributed by atoms with Gasteiger partial charge in [-0.15, -0.1) is 12.4 Å². The summed E-state index contributed by atoms with van der Waals surface area (Å²) in [5.74, 6) is 1.13. The lowest BCUT2D eigenvalue weighted by Crippen LogP contribution is -2.28. The molecular weight excluding hydrogens is 310 g/mol. The van der Waals surface area contributed by atoms with Crippen LogP contribution in [0.2, 0.25) is 0 Å². The van der Waals surface area contributed by atoms with E-state index in [1.807, 2.05) is 48.5 Å². The first-order valence-corrected chi connectivity index (χ1v) is 7.68. The van der Waals surface area contributed by atoms with Crippen molar-refractivity contribution in [2.45, 2.75) is 38.3 Å². The molecule has 0 unspecified atom stereocenters. The van der Waals surface area contributed by atoms with Gasteiger partial charge in [0.25, 0.3) is 0 Å². The molecule has 0 spiro atoms. The number of aliphatic hydroxyl groups excluding tert-OH is 1. The van der Waals surface area contributed by atoms with Crippen LogP contribution >= 0.6 is 12.4 Å². The Morgan fingerprint density at radius 1 is 1.09 bits per heavy atom. The van der Waals surface area contributed by atoms with Crippen molar-refractivity contribution in [3.63, 3.8) is 0 Å². The van der Waals surface area contributed by atoms with Gasteiger partial charge in [-0.05, 0) is 23.1 Å². The van der Waals surface area contributed by atoms with Gasteiger partial charge in [-0.1, -0.05) is 56.3 Å². The molecule has 0 amide bonds. The number of nitrogens with two attached hydrogens (primary N) is 1. The fourth-order valence-electron chi connectivity index (χ4n) is 2.56. The largest absolute Gasteiger partial charge is 0.496 e. The van der Waals surface area contributed by atoms with Gasteiger partial charge in [-0.25, -0.2) is 0 Å². The summed E-state index contributed by atoms with van der Waals surface area (Å²) in [6.45, 7) is 4.27. The van der Waals surface area contributed by atoms with Crippen LogP contribution in [0.25, 0.3) is 0 Å². The Morgan fingerprint density at radius 2 is 1.74 bits per heavy atom. The first-order valence-electron chi connectivity index (χ1n) is 7.68. The van der Waals surface area contributed by atoms with Gasteiger partial charge in [-0.3, -0.25) is 0 Å². The minimum absolute atomic E-state index is 0. The zero-order valence-corrected chi connectivity index (χ0v) is 14.7. The van der Waals surface area contributed by atoms with E-state index in [1.54, 1.807) is 7.11 Å². The fourth-order valence-corrected chi connectivity index (χ4v) is 2.56. The average molecular weight is 336 g/mol. The zero-order valence-electron chi connectivity index (χ0n) is 13.9. The quantitative estimate of drug-likeness (QED) is 0.843. The summed E-state index contributed by atoms with van der Waals surface area (Å²) in [6, 6.07) is 15.4. The lowest BCUT2D eigenvalue weighted by Gasteiger charge is -2.22. The van der Waals surface area contributed by atoms with Crippen LogP contribution in [0.15, 0.2) is 48.5 Å². The molecule has 3 nitrogen and oxygen atoms in total. The van der Waals surface area contributed by atoms with E-state index in [2.05, 4.69) is 13.8 Å². The number of hydrogen-bond donors (Lipinski definition) is 2. The summed E-state index contributed by atoms with van der Waals surface area (Å²) in [6.07, 6.45) is -0.129. The van der Waals surface area contributed by atoms with E-state index in [1.165, 1.54) is 5.56 Å². The van der Waals surface area contributed by atoms with Crippen LogP contribution in [0.1, 0.15) is 42.5 Å². The first-order chi connectivity index (χ1) is 10.5. The van der Waals surface area contributed by atoms with E-state index in [9.17, 15) is 5.11 Å². The molecule has 0 saturated heterocycles. The molecule has 0 aliphatic carbocycles. The lowest BCUT2D eigenvalue weighted by molar-refractivity contribution is 0.143. The Balaban J connectivity index is 0.00000264. The van der Waals surface area contributed by atoms with E-state index < -0.39 is 12.1 Å². The van der Waals surface area contributed by atoms with Gasteiger partial charge in [0.2, 0.25) is 0 Å². The van der Waals surface area contributed by atoms with E-state index in [4.69, 9.17) is 10.5 Å². The van der Waals surface area contributed by atoms with Gasteiger partial charge in [0.05, 0.1) is 19.3 Å². The van der Waals surface area contributed by atoms with Crippen molar-refractivity contribution in [3.8, 4) is 5.75 Å². The number of methoxy groups -OCH3 is 1. The topological polar surface area (TPSA) is 55.5 Å². The Morgan fingerprint density at radius 3 is 2.30 bits per heavy atom. The Hall–Kier alpha value is -1.55. The van der Waals surface area contributed by atoms with Gasteiger partial charge in [-0.2, -0.15) is 0 Å². The van der Waals surface area contributed by atoms with Crippen LogP contribution in [0.3, 0.4) is 0 Å². The van der Waals surface area contributed by atoms with Gasteiger partial charge >= 0.3 is 0 Å². The third-order valence-electron chi connectivity index (χ3n) is 3.98.